The molecule has 1 heterocycles. The average molecular weight is 286 g/mol. The average Bonchev–Trinajstić information content (AvgIpc) is 2.76. The molecule has 0 saturated carbocycles. The lowest BCUT2D eigenvalue weighted by Crippen LogP contribution is -2.16. The summed E-state index contributed by atoms with van der Waals surface area (Å²) in [6.07, 6.45) is 0. The van der Waals surface area contributed by atoms with Gasteiger partial charge in [-0.05, 0) is 30.7 Å². The number of nitrogens with two attached hydrogens (primary N) is 1. The third-order valence-corrected chi connectivity index (χ3v) is 3.42. The molecule has 0 atom stereocenters. The van der Waals surface area contributed by atoms with Gasteiger partial charge in [-0.2, -0.15) is 5.10 Å². The largest absolute Gasteiger partial charge is 0.398 e. The third-order valence-electron chi connectivity index (χ3n) is 3.42. The van der Waals surface area contributed by atoms with Crippen molar-refractivity contribution >= 4 is 17.3 Å². The Balaban J connectivity index is 2.24. The first kappa shape index (κ1) is 15.1. The maximum absolute atomic E-state index is 12.4. The monoisotopic (exact) mass is 286 g/mol. The Labute approximate surface area is 125 Å². The van der Waals surface area contributed by atoms with Gasteiger partial charge in [0.1, 0.15) is 5.69 Å². The number of amides is 1. The Bertz CT molecular complexity index is 680. The summed E-state index contributed by atoms with van der Waals surface area (Å²) in [5.74, 6) is -0.191. The molecule has 2 rings (SSSR count). The van der Waals surface area contributed by atoms with Gasteiger partial charge in [0.25, 0.3) is 5.91 Å². The van der Waals surface area contributed by atoms with Crippen LogP contribution in [0.5, 0.6) is 0 Å². The molecule has 0 radical (unpaired) electrons. The Morgan fingerprint density at radius 3 is 2.48 bits per heavy atom. The number of benzene rings is 1. The van der Waals surface area contributed by atoms with E-state index in [1.165, 1.54) is 0 Å². The molecule has 0 spiro atoms. The van der Waals surface area contributed by atoms with Crippen LogP contribution < -0.4 is 11.1 Å². The van der Waals surface area contributed by atoms with Crippen LogP contribution in [0.1, 0.15) is 42.5 Å². The van der Waals surface area contributed by atoms with E-state index in [1.807, 2.05) is 25.1 Å². The first-order valence-corrected chi connectivity index (χ1v) is 6.90. The predicted octanol–water partition coefficient (Wildman–Crippen LogP) is 2.86. The second kappa shape index (κ2) is 5.24. The minimum atomic E-state index is -0.191. The molecule has 0 aliphatic heterocycles. The van der Waals surface area contributed by atoms with Gasteiger partial charge in [-0.25, -0.2) is 0 Å². The smallest absolute Gasteiger partial charge is 0.273 e. The lowest BCUT2D eigenvalue weighted by atomic mass is 9.92. The topological polar surface area (TPSA) is 72.9 Å². The molecule has 1 amide bonds. The van der Waals surface area contributed by atoms with Crippen molar-refractivity contribution in [2.24, 2.45) is 7.05 Å². The zero-order valence-corrected chi connectivity index (χ0v) is 13.2. The number of nitrogen functional groups attached to an aromatic ring is 1. The fourth-order valence-electron chi connectivity index (χ4n) is 1.96. The fourth-order valence-corrected chi connectivity index (χ4v) is 1.96. The molecule has 5 nitrogen and oxygen atoms in total. The van der Waals surface area contributed by atoms with Crippen LogP contribution in [-0.2, 0) is 12.5 Å². The highest BCUT2D eigenvalue weighted by Crippen LogP contribution is 2.22. The van der Waals surface area contributed by atoms with Crippen LogP contribution in [0.4, 0.5) is 11.4 Å². The highest BCUT2D eigenvalue weighted by atomic mass is 16.2. The first-order valence-electron chi connectivity index (χ1n) is 6.90. The fraction of sp³-hybridized carbons (Fsp3) is 0.375. The zero-order valence-electron chi connectivity index (χ0n) is 13.2. The van der Waals surface area contributed by atoms with E-state index in [4.69, 9.17) is 5.73 Å². The molecular weight excluding hydrogens is 264 g/mol. The van der Waals surface area contributed by atoms with Crippen LogP contribution >= 0.6 is 0 Å². The second-order valence-corrected chi connectivity index (χ2v) is 6.31. The highest BCUT2D eigenvalue weighted by Gasteiger charge is 2.21. The van der Waals surface area contributed by atoms with Crippen LogP contribution in [0, 0.1) is 6.92 Å². The minimum absolute atomic E-state index is 0.0927. The lowest BCUT2D eigenvalue weighted by molar-refractivity contribution is 0.101. The second-order valence-electron chi connectivity index (χ2n) is 6.31. The molecule has 3 N–H and O–H groups in total. The van der Waals surface area contributed by atoms with Gasteiger partial charge in [0.05, 0.1) is 5.69 Å². The van der Waals surface area contributed by atoms with Gasteiger partial charge >= 0.3 is 0 Å². The summed E-state index contributed by atoms with van der Waals surface area (Å²) in [5.41, 5.74) is 9.51. The molecule has 0 aliphatic carbocycles. The van der Waals surface area contributed by atoms with Crippen LogP contribution in [0.15, 0.2) is 24.3 Å². The van der Waals surface area contributed by atoms with Crippen molar-refractivity contribution in [1.82, 2.24) is 9.78 Å². The Hall–Kier alpha value is -2.30. The van der Waals surface area contributed by atoms with Gasteiger partial charge in [0, 0.05) is 23.8 Å². The number of nitrogens with one attached hydrogen (secondary N) is 1. The maximum Gasteiger partial charge on any atom is 0.273 e. The number of hydrogen-bond donors (Lipinski definition) is 2. The summed E-state index contributed by atoms with van der Waals surface area (Å²) in [5, 5.41) is 7.26. The first-order chi connectivity index (χ1) is 9.68. The molecule has 2 aromatic rings. The molecule has 0 aliphatic rings. The van der Waals surface area contributed by atoms with Crippen LogP contribution in [0.25, 0.3) is 0 Å². The molecule has 1 aromatic carbocycles. The summed E-state index contributed by atoms with van der Waals surface area (Å²) >= 11 is 0. The van der Waals surface area contributed by atoms with Gasteiger partial charge in [0.2, 0.25) is 0 Å². The van der Waals surface area contributed by atoms with E-state index in [0.717, 1.165) is 11.3 Å². The molecule has 112 valence electrons. The molecule has 0 unspecified atom stereocenters. The van der Waals surface area contributed by atoms with E-state index in [9.17, 15) is 4.79 Å². The van der Waals surface area contributed by atoms with Crippen LogP contribution in [0.2, 0.25) is 0 Å². The summed E-state index contributed by atoms with van der Waals surface area (Å²) in [7, 11) is 1.77. The van der Waals surface area contributed by atoms with Crippen molar-refractivity contribution in [2.75, 3.05) is 11.1 Å². The Morgan fingerprint density at radius 2 is 1.95 bits per heavy atom. The number of carbonyl (C=O) groups excluding carboxylic acids is 1. The number of anilines is 2. The van der Waals surface area contributed by atoms with Crippen LogP contribution in [0.3, 0.4) is 0 Å². The van der Waals surface area contributed by atoms with E-state index in [2.05, 4.69) is 31.2 Å². The molecule has 21 heavy (non-hydrogen) atoms. The number of rotatable bonds is 2. The third kappa shape index (κ3) is 3.24. The van der Waals surface area contributed by atoms with Crippen molar-refractivity contribution < 1.29 is 4.79 Å². The number of nitrogens with zero attached hydrogens (tertiary/aromatic N) is 2. The quantitative estimate of drug-likeness (QED) is 0.834. The lowest BCUT2D eigenvalue weighted by Gasteiger charge is -2.13. The Morgan fingerprint density at radius 1 is 1.29 bits per heavy atom. The van der Waals surface area contributed by atoms with Gasteiger partial charge in [-0.3, -0.25) is 9.48 Å². The van der Waals surface area contributed by atoms with Gasteiger partial charge in [-0.1, -0.05) is 26.8 Å². The molecule has 0 bridgehead atoms. The normalized spacial score (nSPS) is 11.5. The summed E-state index contributed by atoms with van der Waals surface area (Å²) < 4.78 is 1.60. The van der Waals surface area contributed by atoms with E-state index in [0.29, 0.717) is 17.1 Å². The van der Waals surface area contributed by atoms with Crippen LogP contribution in [-0.4, -0.2) is 15.7 Å². The molecule has 1 aromatic heterocycles. The summed E-state index contributed by atoms with van der Waals surface area (Å²) in [4.78, 5) is 12.4. The van der Waals surface area contributed by atoms with E-state index in [-0.39, 0.29) is 11.3 Å². The maximum atomic E-state index is 12.4. The van der Waals surface area contributed by atoms with E-state index < -0.39 is 0 Å². The SMILES string of the molecule is Cc1ccc(NC(=O)c2cc(C(C)(C)C)nn2C)cc1N. The number of aromatic nitrogens is 2. The zero-order chi connectivity index (χ0) is 15.8. The predicted molar refractivity (Wildman–Crippen MR) is 85.5 cm³/mol. The van der Waals surface area contributed by atoms with Crippen molar-refractivity contribution in [3.05, 3.63) is 41.2 Å². The highest BCUT2D eigenvalue weighted by molar-refractivity contribution is 6.03. The number of hydrogen-bond acceptors (Lipinski definition) is 3. The summed E-state index contributed by atoms with van der Waals surface area (Å²) in [6, 6.07) is 7.31. The van der Waals surface area contributed by atoms with E-state index in [1.54, 1.807) is 17.8 Å². The molecule has 0 saturated heterocycles. The molecule has 5 heteroatoms. The van der Waals surface area contributed by atoms with Gasteiger partial charge < -0.3 is 11.1 Å². The van der Waals surface area contributed by atoms with Crippen molar-refractivity contribution in [3.8, 4) is 0 Å². The minimum Gasteiger partial charge on any atom is -0.398 e. The van der Waals surface area contributed by atoms with Crippen molar-refractivity contribution in [2.45, 2.75) is 33.1 Å². The number of carbonyl (C=O) groups is 1. The van der Waals surface area contributed by atoms with Crippen molar-refractivity contribution in [3.63, 3.8) is 0 Å². The molecular formula is C16H22N4O. The van der Waals surface area contributed by atoms with Gasteiger partial charge in [-0.15, -0.1) is 0 Å². The molecule has 0 fully saturated rings. The Kier molecular flexibility index (Phi) is 3.77. The summed E-state index contributed by atoms with van der Waals surface area (Å²) in [6.45, 7) is 8.13. The number of aryl methyl sites for hydroxylation is 2. The van der Waals surface area contributed by atoms with E-state index >= 15 is 0 Å². The standard InChI is InChI=1S/C16H22N4O/c1-10-6-7-11(8-12(10)17)18-15(21)13-9-14(16(2,3)4)19-20(13)5/h6-9H,17H2,1-5H3,(H,18,21). The van der Waals surface area contributed by atoms with Crippen molar-refractivity contribution in [1.29, 1.82) is 0 Å². The van der Waals surface area contributed by atoms with Gasteiger partial charge in [0.15, 0.2) is 0 Å².